The van der Waals surface area contributed by atoms with E-state index < -0.39 is 0 Å². The predicted molar refractivity (Wildman–Crippen MR) is 27.6 cm³/mol. The monoisotopic (exact) mass is 102 g/mol. The van der Waals surface area contributed by atoms with Crippen molar-refractivity contribution in [3.05, 3.63) is 12.3 Å². The van der Waals surface area contributed by atoms with Gasteiger partial charge in [-0.25, -0.2) is 0 Å². The van der Waals surface area contributed by atoms with Gasteiger partial charge in [0.05, 0.1) is 6.26 Å². The van der Waals surface area contributed by atoms with E-state index in [0.29, 0.717) is 0 Å². The van der Waals surface area contributed by atoms with Crippen LogP contribution in [-0.2, 0) is 4.74 Å². The van der Waals surface area contributed by atoms with Gasteiger partial charge in [0.25, 0.3) is 0 Å². The highest BCUT2D eigenvalue weighted by Crippen LogP contribution is 1.78. The molecule has 0 spiro atoms. The quantitative estimate of drug-likeness (QED) is 0.423. The molecular formula is C5H10O2. The van der Waals surface area contributed by atoms with Crippen molar-refractivity contribution in [2.75, 3.05) is 6.79 Å². The molecule has 0 aliphatic heterocycles. The molecule has 0 atom stereocenters. The van der Waals surface area contributed by atoms with Gasteiger partial charge in [0, 0.05) is 0 Å². The smallest absolute Gasteiger partial charge is 0.185 e. The molecule has 0 saturated heterocycles. The van der Waals surface area contributed by atoms with Crippen LogP contribution in [-0.4, -0.2) is 11.9 Å². The van der Waals surface area contributed by atoms with E-state index >= 15 is 0 Å². The van der Waals surface area contributed by atoms with Gasteiger partial charge in [0.1, 0.15) is 0 Å². The number of aliphatic hydroxyl groups is 1. The number of hydrogen-bond acceptors (Lipinski definition) is 2. The minimum atomic E-state index is -0.226. The summed E-state index contributed by atoms with van der Waals surface area (Å²) in [5, 5.41) is 8.02. The van der Waals surface area contributed by atoms with Crippen molar-refractivity contribution in [3.8, 4) is 0 Å². The van der Waals surface area contributed by atoms with E-state index in [-0.39, 0.29) is 6.79 Å². The van der Waals surface area contributed by atoms with Crippen molar-refractivity contribution in [2.45, 2.75) is 13.3 Å². The lowest BCUT2D eigenvalue weighted by molar-refractivity contribution is 0.0599. The summed E-state index contributed by atoms with van der Waals surface area (Å²) in [4.78, 5) is 0. The fourth-order valence-corrected chi connectivity index (χ4v) is 0.207. The van der Waals surface area contributed by atoms with Crippen molar-refractivity contribution in [1.29, 1.82) is 0 Å². The average Bonchev–Trinajstić information content (AvgIpc) is 1.69. The number of aliphatic hydroxyl groups excluding tert-OH is 1. The molecule has 0 aromatic carbocycles. The van der Waals surface area contributed by atoms with Crippen LogP contribution in [0, 0.1) is 0 Å². The minimum Gasteiger partial charge on any atom is -0.476 e. The Morgan fingerprint density at radius 3 is 2.86 bits per heavy atom. The molecule has 42 valence electrons. The first-order valence-corrected chi connectivity index (χ1v) is 2.29. The standard InChI is InChI=1S/C5H10O2/c1-2-3-4-7-5-6/h3-4,6H,2,5H2,1H3. The highest BCUT2D eigenvalue weighted by molar-refractivity contribution is 4.69. The van der Waals surface area contributed by atoms with Crippen LogP contribution >= 0.6 is 0 Å². The first kappa shape index (κ1) is 6.50. The molecule has 0 saturated carbocycles. The Bertz CT molecular complexity index is 50.0. The summed E-state index contributed by atoms with van der Waals surface area (Å²) < 4.78 is 4.45. The van der Waals surface area contributed by atoms with Gasteiger partial charge in [0.2, 0.25) is 0 Å². The van der Waals surface area contributed by atoms with Crippen LogP contribution in [0.25, 0.3) is 0 Å². The topological polar surface area (TPSA) is 29.5 Å². The molecule has 1 N–H and O–H groups in total. The minimum absolute atomic E-state index is 0.226. The lowest BCUT2D eigenvalue weighted by Crippen LogP contribution is -1.79. The molecule has 0 aromatic rings. The van der Waals surface area contributed by atoms with Crippen LogP contribution in [0.2, 0.25) is 0 Å². The zero-order valence-electron chi connectivity index (χ0n) is 4.42. The average molecular weight is 102 g/mol. The van der Waals surface area contributed by atoms with Crippen molar-refractivity contribution < 1.29 is 9.84 Å². The number of rotatable bonds is 3. The Morgan fingerprint density at radius 2 is 2.43 bits per heavy atom. The van der Waals surface area contributed by atoms with E-state index in [0.717, 1.165) is 6.42 Å². The molecule has 0 radical (unpaired) electrons. The summed E-state index contributed by atoms with van der Waals surface area (Å²) >= 11 is 0. The highest BCUT2D eigenvalue weighted by Gasteiger charge is 1.65. The zero-order valence-corrected chi connectivity index (χ0v) is 4.42. The van der Waals surface area contributed by atoms with Crippen LogP contribution in [0.3, 0.4) is 0 Å². The molecule has 0 fully saturated rings. The van der Waals surface area contributed by atoms with Crippen molar-refractivity contribution in [3.63, 3.8) is 0 Å². The summed E-state index contributed by atoms with van der Waals surface area (Å²) in [5.41, 5.74) is 0. The fraction of sp³-hybridized carbons (Fsp3) is 0.600. The first-order chi connectivity index (χ1) is 3.41. The summed E-state index contributed by atoms with van der Waals surface area (Å²) in [6.45, 7) is 1.77. The van der Waals surface area contributed by atoms with Gasteiger partial charge in [-0.1, -0.05) is 6.92 Å². The Morgan fingerprint density at radius 1 is 1.71 bits per heavy atom. The van der Waals surface area contributed by atoms with E-state index in [2.05, 4.69) is 4.74 Å². The third-order valence-corrected chi connectivity index (χ3v) is 0.503. The van der Waals surface area contributed by atoms with Crippen LogP contribution in [0.5, 0.6) is 0 Å². The van der Waals surface area contributed by atoms with Gasteiger partial charge in [-0.15, -0.1) is 0 Å². The van der Waals surface area contributed by atoms with Gasteiger partial charge in [-0.2, -0.15) is 0 Å². The van der Waals surface area contributed by atoms with Crippen LogP contribution in [0.4, 0.5) is 0 Å². The summed E-state index contributed by atoms with van der Waals surface area (Å²) in [6, 6.07) is 0. The lowest BCUT2D eigenvalue weighted by atomic mass is 10.5. The number of ether oxygens (including phenoxy) is 1. The van der Waals surface area contributed by atoms with E-state index in [1.54, 1.807) is 0 Å². The third kappa shape index (κ3) is 5.50. The van der Waals surface area contributed by atoms with E-state index in [9.17, 15) is 0 Å². The molecule has 0 aliphatic rings. The van der Waals surface area contributed by atoms with Gasteiger partial charge < -0.3 is 9.84 Å². The highest BCUT2D eigenvalue weighted by atomic mass is 16.6. The SMILES string of the molecule is CCC=COCO. The zero-order chi connectivity index (χ0) is 5.54. The van der Waals surface area contributed by atoms with E-state index in [1.165, 1.54) is 6.26 Å². The van der Waals surface area contributed by atoms with Crippen molar-refractivity contribution in [1.82, 2.24) is 0 Å². The van der Waals surface area contributed by atoms with Crippen molar-refractivity contribution >= 4 is 0 Å². The Hall–Kier alpha value is -0.500. The second-order valence-corrected chi connectivity index (χ2v) is 1.08. The molecule has 2 heteroatoms. The molecule has 0 aromatic heterocycles. The fourth-order valence-electron chi connectivity index (χ4n) is 0.207. The molecular weight excluding hydrogens is 92.1 g/mol. The molecule has 0 aliphatic carbocycles. The maximum Gasteiger partial charge on any atom is 0.185 e. The van der Waals surface area contributed by atoms with Crippen LogP contribution < -0.4 is 0 Å². The summed E-state index contributed by atoms with van der Waals surface area (Å²) in [6.07, 6.45) is 4.26. The molecule has 0 rings (SSSR count). The Kier molecular flexibility index (Phi) is 5.11. The third-order valence-electron chi connectivity index (χ3n) is 0.503. The Labute approximate surface area is 43.4 Å². The summed E-state index contributed by atoms with van der Waals surface area (Å²) in [7, 11) is 0. The van der Waals surface area contributed by atoms with Crippen LogP contribution in [0.15, 0.2) is 12.3 Å². The Balaban J connectivity index is 2.78. The lowest BCUT2D eigenvalue weighted by Gasteiger charge is -1.87. The van der Waals surface area contributed by atoms with E-state index in [4.69, 9.17) is 5.11 Å². The predicted octanol–water partition coefficient (Wildman–Crippen LogP) is 0.876. The molecule has 7 heavy (non-hydrogen) atoms. The second-order valence-electron chi connectivity index (χ2n) is 1.08. The largest absolute Gasteiger partial charge is 0.476 e. The normalized spacial score (nSPS) is 10.0. The van der Waals surface area contributed by atoms with Crippen molar-refractivity contribution in [2.24, 2.45) is 0 Å². The van der Waals surface area contributed by atoms with Crippen LogP contribution in [0.1, 0.15) is 13.3 Å². The maximum absolute atomic E-state index is 8.02. The maximum atomic E-state index is 8.02. The first-order valence-electron chi connectivity index (χ1n) is 2.29. The number of allylic oxidation sites excluding steroid dienone is 1. The van der Waals surface area contributed by atoms with Gasteiger partial charge in [-0.05, 0) is 12.5 Å². The number of hydrogen-bond donors (Lipinski definition) is 1. The van der Waals surface area contributed by atoms with Gasteiger partial charge >= 0.3 is 0 Å². The van der Waals surface area contributed by atoms with Gasteiger partial charge in [0.15, 0.2) is 6.79 Å². The summed E-state index contributed by atoms with van der Waals surface area (Å²) in [5.74, 6) is 0. The molecule has 0 amide bonds. The van der Waals surface area contributed by atoms with Gasteiger partial charge in [-0.3, -0.25) is 0 Å². The molecule has 2 nitrogen and oxygen atoms in total. The molecule has 0 unspecified atom stereocenters. The second kappa shape index (κ2) is 5.50. The molecule has 0 heterocycles. The van der Waals surface area contributed by atoms with E-state index in [1.807, 2.05) is 13.0 Å². The molecule has 0 bridgehead atoms.